The molecule has 1 rings (SSSR count). The molecule has 0 amide bonds. The van der Waals surface area contributed by atoms with Crippen LogP contribution < -0.4 is 4.72 Å². The number of hydrogen-bond donors (Lipinski definition) is 1. The third-order valence-electron chi connectivity index (χ3n) is 3.47. The molecule has 0 aliphatic rings. The van der Waals surface area contributed by atoms with Gasteiger partial charge in [-0.3, -0.25) is 0 Å². The van der Waals surface area contributed by atoms with Crippen LogP contribution in [0, 0.1) is 5.41 Å². The second-order valence-electron chi connectivity index (χ2n) is 4.48. The maximum atomic E-state index is 12.1. The number of alkyl halides is 1. The summed E-state index contributed by atoms with van der Waals surface area (Å²) in [7, 11) is -3.39. The van der Waals surface area contributed by atoms with Gasteiger partial charge in [0.1, 0.15) is 0 Å². The molecule has 0 aliphatic heterocycles. The minimum Gasteiger partial charge on any atom is -0.211 e. The molecule has 0 bridgehead atoms. The average molecular weight is 334 g/mol. The largest absolute Gasteiger partial charge is 0.240 e. The van der Waals surface area contributed by atoms with Gasteiger partial charge in [-0.05, 0) is 30.4 Å². The fourth-order valence-corrected chi connectivity index (χ4v) is 3.84. The minimum atomic E-state index is -3.39. The van der Waals surface area contributed by atoms with Crippen LogP contribution in [0.2, 0.25) is 0 Å². The number of nitrogens with one attached hydrogen (secondary N) is 1. The van der Waals surface area contributed by atoms with Crippen LogP contribution in [0.5, 0.6) is 0 Å². The van der Waals surface area contributed by atoms with Gasteiger partial charge < -0.3 is 0 Å². The van der Waals surface area contributed by atoms with Crippen LogP contribution in [-0.2, 0) is 10.0 Å². The summed E-state index contributed by atoms with van der Waals surface area (Å²) >= 11 is 3.48. The fraction of sp³-hybridized carbons (Fsp3) is 0.538. The monoisotopic (exact) mass is 333 g/mol. The summed E-state index contributed by atoms with van der Waals surface area (Å²) in [6.45, 7) is 4.63. The van der Waals surface area contributed by atoms with Crippen molar-refractivity contribution in [1.29, 1.82) is 0 Å². The highest BCUT2D eigenvalue weighted by Gasteiger charge is 2.27. The van der Waals surface area contributed by atoms with Gasteiger partial charge in [0.25, 0.3) is 0 Å². The van der Waals surface area contributed by atoms with E-state index in [-0.39, 0.29) is 5.41 Å². The highest BCUT2D eigenvalue weighted by atomic mass is 79.9. The molecule has 0 saturated carbocycles. The summed E-state index contributed by atoms with van der Waals surface area (Å²) in [5.41, 5.74) is -0.0121. The zero-order chi connectivity index (χ0) is 13.6. The Hall–Kier alpha value is -0.390. The van der Waals surface area contributed by atoms with Crippen LogP contribution in [0.1, 0.15) is 26.7 Å². The first-order valence-electron chi connectivity index (χ1n) is 6.10. The standard InChI is InChI=1S/C13H20BrNO2S/c1-3-13(4-2,10-14)11-15-18(16,17)12-8-6-5-7-9-12/h5-9,15H,3-4,10-11H2,1-2H3. The molecular formula is C13H20BrNO2S. The van der Waals surface area contributed by atoms with E-state index in [9.17, 15) is 8.42 Å². The molecule has 0 heterocycles. The second-order valence-corrected chi connectivity index (χ2v) is 6.81. The Morgan fingerprint density at radius 1 is 1.17 bits per heavy atom. The van der Waals surface area contributed by atoms with Gasteiger partial charge in [0, 0.05) is 11.9 Å². The van der Waals surface area contributed by atoms with Crippen molar-refractivity contribution in [3.63, 3.8) is 0 Å². The van der Waals surface area contributed by atoms with Gasteiger partial charge >= 0.3 is 0 Å². The lowest BCUT2D eigenvalue weighted by atomic mass is 9.85. The molecular weight excluding hydrogens is 314 g/mol. The third kappa shape index (κ3) is 3.80. The first-order chi connectivity index (χ1) is 8.49. The van der Waals surface area contributed by atoms with Crippen molar-refractivity contribution in [3.8, 4) is 0 Å². The molecule has 0 unspecified atom stereocenters. The van der Waals surface area contributed by atoms with Gasteiger partial charge in [0.05, 0.1) is 4.90 Å². The Kier molecular flexibility index (Phi) is 5.82. The molecule has 3 nitrogen and oxygen atoms in total. The molecule has 102 valence electrons. The van der Waals surface area contributed by atoms with Gasteiger partial charge in [-0.15, -0.1) is 0 Å². The zero-order valence-electron chi connectivity index (χ0n) is 10.8. The van der Waals surface area contributed by atoms with E-state index in [2.05, 4.69) is 34.5 Å². The lowest BCUT2D eigenvalue weighted by Gasteiger charge is -2.29. The molecule has 0 aliphatic carbocycles. The summed E-state index contributed by atoms with van der Waals surface area (Å²) in [5.74, 6) is 0. The summed E-state index contributed by atoms with van der Waals surface area (Å²) < 4.78 is 26.9. The predicted molar refractivity (Wildman–Crippen MR) is 78.4 cm³/mol. The Balaban J connectivity index is 2.79. The van der Waals surface area contributed by atoms with Gasteiger partial charge in [-0.1, -0.05) is 48.0 Å². The van der Waals surface area contributed by atoms with E-state index in [0.29, 0.717) is 11.4 Å². The van der Waals surface area contributed by atoms with Crippen molar-refractivity contribution in [1.82, 2.24) is 4.72 Å². The number of benzene rings is 1. The van der Waals surface area contributed by atoms with E-state index < -0.39 is 10.0 Å². The molecule has 1 N–H and O–H groups in total. The van der Waals surface area contributed by atoms with Gasteiger partial charge in [0.2, 0.25) is 10.0 Å². The molecule has 18 heavy (non-hydrogen) atoms. The summed E-state index contributed by atoms with van der Waals surface area (Å²) in [6, 6.07) is 8.48. The lowest BCUT2D eigenvalue weighted by molar-refractivity contribution is 0.309. The molecule has 0 atom stereocenters. The molecule has 1 aromatic carbocycles. The van der Waals surface area contributed by atoms with Crippen LogP contribution in [0.4, 0.5) is 0 Å². The maximum absolute atomic E-state index is 12.1. The van der Waals surface area contributed by atoms with Crippen molar-refractivity contribution in [2.45, 2.75) is 31.6 Å². The van der Waals surface area contributed by atoms with Crippen molar-refractivity contribution in [2.24, 2.45) is 5.41 Å². The smallest absolute Gasteiger partial charge is 0.211 e. The number of rotatable bonds is 7. The Morgan fingerprint density at radius 2 is 1.72 bits per heavy atom. The first-order valence-corrected chi connectivity index (χ1v) is 8.71. The third-order valence-corrected chi connectivity index (χ3v) is 6.08. The number of sulfonamides is 1. The van der Waals surface area contributed by atoms with Crippen LogP contribution >= 0.6 is 15.9 Å². The maximum Gasteiger partial charge on any atom is 0.240 e. The lowest BCUT2D eigenvalue weighted by Crippen LogP contribution is -2.38. The van der Waals surface area contributed by atoms with Crippen molar-refractivity contribution < 1.29 is 8.42 Å². The fourth-order valence-electron chi connectivity index (χ4n) is 1.67. The normalized spacial score (nSPS) is 12.6. The SMILES string of the molecule is CCC(CC)(CBr)CNS(=O)(=O)c1ccccc1. The number of hydrogen-bond acceptors (Lipinski definition) is 2. The predicted octanol–water partition coefficient (Wildman–Crippen LogP) is 3.17. The molecule has 5 heteroatoms. The first kappa shape index (κ1) is 15.7. The van der Waals surface area contributed by atoms with Crippen LogP contribution in [0.3, 0.4) is 0 Å². The van der Waals surface area contributed by atoms with E-state index in [4.69, 9.17) is 0 Å². The molecule has 0 fully saturated rings. The van der Waals surface area contributed by atoms with Crippen LogP contribution in [-0.4, -0.2) is 20.3 Å². The van der Waals surface area contributed by atoms with E-state index in [1.807, 2.05) is 0 Å². The summed E-state index contributed by atoms with van der Waals surface area (Å²) in [5, 5.41) is 0.796. The zero-order valence-corrected chi connectivity index (χ0v) is 13.2. The van der Waals surface area contributed by atoms with Crippen molar-refractivity contribution in [3.05, 3.63) is 30.3 Å². The van der Waals surface area contributed by atoms with E-state index in [1.165, 1.54) is 0 Å². The van der Waals surface area contributed by atoms with Crippen LogP contribution in [0.25, 0.3) is 0 Å². The summed E-state index contributed by atoms with van der Waals surface area (Å²) in [4.78, 5) is 0.320. The van der Waals surface area contributed by atoms with E-state index in [0.717, 1.165) is 18.2 Å². The number of halogens is 1. The molecule has 0 radical (unpaired) electrons. The molecule has 1 aromatic rings. The second kappa shape index (κ2) is 6.68. The molecule has 0 aromatic heterocycles. The quantitative estimate of drug-likeness (QED) is 0.779. The minimum absolute atomic E-state index is 0.0121. The Morgan fingerprint density at radius 3 is 2.17 bits per heavy atom. The summed E-state index contributed by atoms with van der Waals surface area (Å²) in [6.07, 6.45) is 1.87. The average Bonchev–Trinajstić information content (AvgIpc) is 2.42. The van der Waals surface area contributed by atoms with Gasteiger partial charge in [0.15, 0.2) is 0 Å². The van der Waals surface area contributed by atoms with E-state index >= 15 is 0 Å². The molecule has 0 saturated heterocycles. The molecule has 0 spiro atoms. The topological polar surface area (TPSA) is 46.2 Å². The Bertz CT molecular complexity index is 447. The van der Waals surface area contributed by atoms with Crippen LogP contribution in [0.15, 0.2) is 35.2 Å². The Labute approximate surface area is 118 Å². The van der Waals surface area contributed by atoms with Crippen molar-refractivity contribution >= 4 is 26.0 Å². The van der Waals surface area contributed by atoms with Crippen molar-refractivity contribution in [2.75, 3.05) is 11.9 Å². The van der Waals surface area contributed by atoms with E-state index in [1.54, 1.807) is 30.3 Å². The van der Waals surface area contributed by atoms with Gasteiger partial charge in [-0.25, -0.2) is 13.1 Å². The highest BCUT2D eigenvalue weighted by molar-refractivity contribution is 9.09. The highest BCUT2D eigenvalue weighted by Crippen LogP contribution is 2.28. The van der Waals surface area contributed by atoms with Gasteiger partial charge in [-0.2, -0.15) is 0 Å².